The number of carbonyl (C=O) groups is 4. The van der Waals surface area contributed by atoms with E-state index in [9.17, 15) is 43.2 Å². The van der Waals surface area contributed by atoms with Crippen LogP contribution in [-0.4, -0.2) is 96.7 Å². The second kappa shape index (κ2) is 79.7. The molecule has 17 nitrogen and oxygen atoms in total. The third kappa shape index (κ3) is 80.1. The Kier molecular flexibility index (Phi) is 78.2. The van der Waals surface area contributed by atoms with Crippen LogP contribution in [0, 0.1) is 5.92 Å². The molecule has 0 aliphatic heterocycles. The Balaban J connectivity index is 5.09. The van der Waals surface area contributed by atoms with Crippen molar-refractivity contribution in [2.45, 2.75) is 490 Å². The Morgan fingerprint density at radius 1 is 0.255 bits per heavy atom. The third-order valence-corrected chi connectivity index (χ3v) is 22.4. The quantitative estimate of drug-likeness (QED) is 0.0222. The number of aliphatic hydroxyl groups excluding tert-OH is 1. The molecule has 106 heavy (non-hydrogen) atoms. The Labute approximate surface area is 651 Å². The molecule has 0 amide bonds. The molecule has 0 aliphatic carbocycles. The molecule has 3 N–H and O–H groups in total. The highest BCUT2D eigenvalue weighted by atomic mass is 31.2. The number of aliphatic hydroxyl groups is 1. The molecule has 0 saturated carbocycles. The van der Waals surface area contributed by atoms with Crippen LogP contribution in [-0.2, 0) is 65.4 Å². The zero-order chi connectivity index (χ0) is 77.6. The summed E-state index contributed by atoms with van der Waals surface area (Å²) in [6.45, 7) is 7.31. The van der Waals surface area contributed by atoms with Gasteiger partial charge in [-0.1, -0.05) is 420 Å². The molecule has 2 unspecified atom stereocenters. The average Bonchev–Trinajstić information content (AvgIpc) is 0.902. The molecule has 19 heteroatoms. The number of unbranched alkanes of at least 4 members (excludes halogenated alkanes) is 59. The topological polar surface area (TPSA) is 237 Å². The third-order valence-electron chi connectivity index (χ3n) is 20.5. The minimum atomic E-state index is -4.96. The van der Waals surface area contributed by atoms with E-state index in [2.05, 4.69) is 34.6 Å². The Morgan fingerprint density at radius 3 is 0.642 bits per heavy atom. The summed E-state index contributed by atoms with van der Waals surface area (Å²) in [5.41, 5.74) is 0. The summed E-state index contributed by atoms with van der Waals surface area (Å²) in [4.78, 5) is 72.9. The summed E-state index contributed by atoms with van der Waals surface area (Å²) in [6.07, 6.45) is 74.3. The molecular formula is C87H170O17P2. The fourth-order valence-corrected chi connectivity index (χ4v) is 15.2. The van der Waals surface area contributed by atoms with E-state index in [0.717, 1.165) is 102 Å². The molecule has 630 valence electrons. The van der Waals surface area contributed by atoms with E-state index in [1.165, 1.54) is 289 Å². The fourth-order valence-electron chi connectivity index (χ4n) is 13.6. The molecule has 0 rings (SSSR count). The Morgan fingerprint density at radius 2 is 0.434 bits per heavy atom. The smallest absolute Gasteiger partial charge is 0.462 e. The number of esters is 4. The summed E-state index contributed by atoms with van der Waals surface area (Å²) < 4.78 is 68.7. The van der Waals surface area contributed by atoms with Gasteiger partial charge < -0.3 is 33.8 Å². The summed E-state index contributed by atoms with van der Waals surface area (Å²) in [7, 11) is -9.92. The Bertz CT molecular complexity index is 2010. The highest BCUT2D eigenvalue weighted by molar-refractivity contribution is 7.47. The highest BCUT2D eigenvalue weighted by Crippen LogP contribution is 2.45. The first-order valence-electron chi connectivity index (χ1n) is 45.1. The Hall–Kier alpha value is -1.94. The zero-order valence-electron chi connectivity index (χ0n) is 69.6. The summed E-state index contributed by atoms with van der Waals surface area (Å²) in [5.74, 6) is -1.29. The first-order valence-corrected chi connectivity index (χ1v) is 48.1. The van der Waals surface area contributed by atoms with Gasteiger partial charge in [-0.05, 0) is 31.6 Å². The molecule has 0 saturated heterocycles. The van der Waals surface area contributed by atoms with Crippen molar-refractivity contribution in [3.63, 3.8) is 0 Å². The molecule has 0 bridgehead atoms. The van der Waals surface area contributed by atoms with E-state index in [4.69, 9.17) is 37.0 Å². The van der Waals surface area contributed by atoms with Gasteiger partial charge in [0.1, 0.15) is 19.3 Å². The van der Waals surface area contributed by atoms with Crippen LogP contribution in [0.25, 0.3) is 0 Å². The van der Waals surface area contributed by atoms with Crippen molar-refractivity contribution in [1.82, 2.24) is 0 Å². The molecule has 0 aromatic heterocycles. The molecule has 0 spiro atoms. The van der Waals surface area contributed by atoms with Gasteiger partial charge in [-0.3, -0.25) is 37.3 Å². The molecule has 0 fully saturated rings. The average molecular weight is 1550 g/mol. The number of rotatable bonds is 87. The number of ether oxygens (including phenoxy) is 4. The lowest BCUT2D eigenvalue weighted by Crippen LogP contribution is -2.30. The lowest BCUT2D eigenvalue weighted by atomic mass is 10.0. The summed E-state index contributed by atoms with van der Waals surface area (Å²) in [5, 5.41) is 10.6. The van der Waals surface area contributed by atoms with Crippen LogP contribution in [0.4, 0.5) is 0 Å². The van der Waals surface area contributed by atoms with Crippen LogP contribution in [0.2, 0.25) is 0 Å². The van der Waals surface area contributed by atoms with Crippen LogP contribution >= 0.6 is 15.6 Å². The highest BCUT2D eigenvalue weighted by Gasteiger charge is 2.30. The van der Waals surface area contributed by atoms with Gasteiger partial charge in [0.25, 0.3) is 0 Å². The van der Waals surface area contributed by atoms with Gasteiger partial charge >= 0.3 is 39.5 Å². The van der Waals surface area contributed by atoms with E-state index >= 15 is 0 Å². The van der Waals surface area contributed by atoms with Crippen molar-refractivity contribution >= 4 is 39.5 Å². The van der Waals surface area contributed by atoms with Gasteiger partial charge in [0.2, 0.25) is 0 Å². The van der Waals surface area contributed by atoms with Gasteiger partial charge in [-0.25, -0.2) is 9.13 Å². The van der Waals surface area contributed by atoms with E-state index in [1.807, 2.05) is 0 Å². The first-order chi connectivity index (χ1) is 51.5. The van der Waals surface area contributed by atoms with Crippen molar-refractivity contribution in [2.75, 3.05) is 39.6 Å². The van der Waals surface area contributed by atoms with Crippen LogP contribution in [0.3, 0.4) is 0 Å². The zero-order valence-corrected chi connectivity index (χ0v) is 71.4. The normalized spacial score (nSPS) is 13.7. The maximum absolute atomic E-state index is 13.1. The molecule has 0 aliphatic rings. The second-order valence-corrected chi connectivity index (χ2v) is 34.7. The number of phosphoric ester groups is 2. The van der Waals surface area contributed by atoms with Crippen molar-refractivity contribution < 1.29 is 80.2 Å². The number of carbonyl (C=O) groups excluding carboxylic acids is 4. The van der Waals surface area contributed by atoms with Gasteiger partial charge in [-0.2, -0.15) is 0 Å². The van der Waals surface area contributed by atoms with E-state index in [0.29, 0.717) is 25.7 Å². The largest absolute Gasteiger partial charge is 0.472 e. The van der Waals surface area contributed by atoms with Crippen LogP contribution < -0.4 is 0 Å². The van der Waals surface area contributed by atoms with Crippen molar-refractivity contribution in [3.05, 3.63) is 0 Å². The van der Waals surface area contributed by atoms with Crippen molar-refractivity contribution in [1.29, 1.82) is 0 Å². The second-order valence-electron chi connectivity index (χ2n) is 31.8. The van der Waals surface area contributed by atoms with Gasteiger partial charge in [0, 0.05) is 25.7 Å². The molecule has 0 heterocycles. The fraction of sp³-hybridized carbons (Fsp3) is 0.954. The number of phosphoric acid groups is 2. The minimum absolute atomic E-state index is 0.108. The van der Waals surface area contributed by atoms with E-state index in [-0.39, 0.29) is 25.7 Å². The SMILES string of the molecule is CCCCCCCCCCCCCCCCCCCCCCCCC(=O)O[C@H](COC(=O)CCCCCCCCCCCCCCCCCCCCC(C)C)COP(=O)(O)OC[C@@H](O)COP(=O)(O)OC[C@@H](COC(=O)CCCCCCC)OC(=O)CCCCCCCCCCCCCCCCCCCC. The van der Waals surface area contributed by atoms with E-state index in [1.54, 1.807) is 0 Å². The first kappa shape index (κ1) is 104. The van der Waals surface area contributed by atoms with Crippen molar-refractivity contribution in [3.8, 4) is 0 Å². The van der Waals surface area contributed by atoms with E-state index < -0.39 is 97.5 Å². The predicted molar refractivity (Wildman–Crippen MR) is 437 cm³/mol. The molecule has 0 aromatic carbocycles. The van der Waals surface area contributed by atoms with Gasteiger partial charge in [0.15, 0.2) is 12.2 Å². The summed E-state index contributed by atoms with van der Waals surface area (Å²) >= 11 is 0. The minimum Gasteiger partial charge on any atom is -0.462 e. The van der Waals surface area contributed by atoms with Gasteiger partial charge in [0.05, 0.1) is 26.4 Å². The maximum Gasteiger partial charge on any atom is 0.472 e. The lowest BCUT2D eigenvalue weighted by molar-refractivity contribution is -0.161. The van der Waals surface area contributed by atoms with Crippen LogP contribution in [0.5, 0.6) is 0 Å². The molecule has 0 radical (unpaired) electrons. The lowest BCUT2D eigenvalue weighted by Gasteiger charge is -2.21. The number of hydrogen-bond acceptors (Lipinski definition) is 15. The number of hydrogen-bond donors (Lipinski definition) is 3. The van der Waals surface area contributed by atoms with Crippen LogP contribution in [0.1, 0.15) is 471 Å². The van der Waals surface area contributed by atoms with Gasteiger partial charge in [-0.15, -0.1) is 0 Å². The van der Waals surface area contributed by atoms with Crippen molar-refractivity contribution in [2.24, 2.45) is 5.92 Å². The predicted octanol–water partition coefficient (Wildman–Crippen LogP) is 26.8. The molecule has 5 atom stereocenters. The maximum atomic E-state index is 13.1. The van der Waals surface area contributed by atoms with Crippen LogP contribution in [0.15, 0.2) is 0 Å². The summed E-state index contributed by atoms with van der Waals surface area (Å²) in [6, 6.07) is 0. The molecule has 0 aromatic rings. The standard InChI is InChI=1S/C87H170O17P2/c1-6-9-12-15-17-19-21-23-25-27-29-30-31-32-38-42-46-50-54-58-63-68-73-87(92)104-83(77-98-85(90)71-66-61-56-52-48-44-40-37-34-33-35-39-43-47-51-55-60-64-69-80(4)5)79-102-106(95,96)100-75-81(88)74-99-105(93,94)101-78-82(76-97-84(89)70-65-59-14-11-8-3)103-86(91)72-67-62-57-53-49-45-41-36-28-26-24-22-20-18-16-13-10-7-2/h80-83,88H,6-79H2,1-5H3,(H,93,94)(H,95,96)/t81-,82+,83+/m0/s1. The monoisotopic (exact) mass is 1550 g/mol. The molecular weight excluding hydrogens is 1380 g/mol.